The molecule has 2 aromatic heterocycles. The highest BCUT2D eigenvalue weighted by atomic mass is 19.1. The van der Waals surface area contributed by atoms with E-state index in [1.54, 1.807) is 23.5 Å². The van der Waals surface area contributed by atoms with Crippen molar-refractivity contribution >= 4 is 5.91 Å². The van der Waals surface area contributed by atoms with Gasteiger partial charge in [-0.2, -0.15) is 5.10 Å². The number of carbonyl (C=O) groups is 1. The van der Waals surface area contributed by atoms with E-state index in [4.69, 9.17) is 0 Å². The number of hydrogen-bond donors (Lipinski definition) is 1. The van der Waals surface area contributed by atoms with Gasteiger partial charge in [-0.05, 0) is 43.5 Å². The lowest BCUT2D eigenvalue weighted by molar-refractivity contribution is 0.0600. The van der Waals surface area contributed by atoms with Crippen LogP contribution in [0.5, 0.6) is 0 Å². The molecule has 1 fully saturated rings. The minimum Gasteiger partial charge on any atom is -0.328 e. The molecule has 1 saturated heterocycles. The van der Waals surface area contributed by atoms with Crippen LogP contribution in [-0.2, 0) is 0 Å². The first-order valence-electron chi connectivity index (χ1n) is 8.47. The Balaban J connectivity index is 1.61. The van der Waals surface area contributed by atoms with Gasteiger partial charge >= 0.3 is 0 Å². The molecule has 1 aliphatic heterocycles. The first-order valence-corrected chi connectivity index (χ1v) is 8.47. The maximum absolute atomic E-state index is 13.1. The number of likely N-dealkylation sites (tertiary alicyclic amines) is 1. The summed E-state index contributed by atoms with van der Waals surface area (Å²) < 4.78 is 13.1. The number of halogens is 1. The zero-order valence-corrected chi connectivity index (χ0v) is 14.0. The van der Waals surface area contributed by atoms with Crippen LogP contribution in [-0.4, -0.2) is 42.5 Å². The second kappa shape index (κ2) is 6.99. The smallest absolute Gasteiger partial charge is 0.254 e. The number of carbonyl (C=O) groups excluding carboxylic acids is 1. The molecule has 3 aromatic rings. The van der Waals surface area contributed by atoms with Gasteiger partial charge in [0.05, 0.1) is 12.2 Å². The minimum atomic E-state index is -0.361. The number of nitrogens with one attached hydrogen (secondary N) is 1. The van der Waals surface area contributed by atoms with E-state index >= 15 is 0 Å². The standard InChI is InChI=1S/C18H17FN6O/c19-13-6-4-12(5-7-13)18(26)25-10-2-1-3-15(25)17-22-16(23-24-17)14-11-20-8-9-21-14/h4-9,11,15H,1-3,10H2,(H,22,23,24). The van der Waals surface area contributed by atoms with Crippen molar-refractivity contribution in [1.29, 1.82) is 0 Å². The number of aromatic amines is 1. The Hall–Kier alpha value is -3.16. The number of H-pyrrole nitrogens is 1. The minimum absolute atomic E-state index is 0.132. The van der Waals surface area contributed by atoms with Gasteiger partial charge in [0.2, 0.25) is 5.82 Å². The van der Waals surface area contributed by atoms with Crippen molar-refractivity contribution in [3.8, 4) is 11.5 Å². The molecule has 1 N–H and O–H groups in total. The van der Waals surface area contributed by atoms with Crippen LogP contribution in [0.4, 0.5) is 4.39 Å². The first-order chi connectivity index (χ1) is 12.7. The lowest BCUT2D eigenvalue weighted by Crippen LogP contribution is -2.39. The fraction of sp³-hybridized carbons (Fsp3) is 0.278. The molecule has 1 amide bonds. The predicted octanol–water partition coefficient (Wildman–Crippen LogP) is 2.77. The molecule has 0 saturated carbocycles. The summed E-state index contributed by atoms with van der Waals surface area (Å²) in [6.07, 6.45) is 7.47. The average Bonchev–Trinajstić information content (AvgIpc) is 3.19. The number of amides is 1. The monoisotopic (exact) mass is 352 g/mol. The van der Waals surface area contributed by atoms with E-state index in [9.17, 15) is 9.18 Å². The lowest BCUT2D eigenvalue weighted by atomic mass is 10.00. The quantitative estimate of drug-likeness (QED) is 0.783. The summed E-state index contributed by atoms with van der Waals surface area (Å²) >= 11 is 0. The number of rotatable bonds is 3. The molecule has 0 spiro atoms. The summed E-state index contributed by atoms with van der Waals surface area (Å²) in [5.41, 5.74) is 1.04. The summed E-state index contributed by atoms with van der Waals surface area (Å²) in [5.74, 6) is 0.585. The van der Waals surface area contributed by atoms with E-state index in [1.807, 2.05) is 0 Å². The molecule has 7 nitrogen and oxygen atoms in total. The molecule has 3 heterocycles. The molecule has 1 atom stereocenters. The van der Waals surface area contributed by atoms with Gasteiger partial charge in [-0.25, -0.2) is 14.4 Å². The predicted molar refractivity (Wildman–Crippen MR) is 91.4 cm³/mol. The molecule has 4 rings (SSSR count). The second-order valence-electron chi connectivity index (χ2n) is 6.15. The fourth-order valence-corrected chi connectivity index (χ4v) is 3.17. The van der Waals surface area contributed by atoms with Crippen molar-refractivity contribution in [2.45, 2.75) is 25.3 Å². The van der Waals surface area contributed by atoms with Gasteiger partial charge in [0.1, 0.15) is 17.3 Å². The van der Waals surface area contributed by atoms with Crippen LogP contribution in [0.2, 0.25) is 0 Å². The Morgan fingerprint density at radius 1 is 1.19 bits per heavy atom. The third-order valence-electron chi connectivity index (χ3n) is 4.47. The highest BCUT2D eigenvalue weighted by molar-refractivity contribution is 5.94. The molecule has 0 aliphatic carbocycles. The normalized spacial score (nSPS) is 17.3. The second-order valence-corrected chi connectivity index (χ2v) is 6.15. The van der Waals surface area contributed by atoms with Crippen LogP contribution in [0.1, 0.15) is 41.5 Å². The maximum atomic E-state index is 13.1. The van der Waals surface area contributed by atoms with Crippen LogP contribution >= 0.6 is 0 Å². The van der Waals surface area contributed by atoms with E-state index in [1.165, 1.54) is 24.3 Å². The fourth-order valence-electron chi connectivity index (χ4n) is 3.17. The molecule has 1 aromatic carbocycles. The van der Waals surface area contributed by atoms with Crippen molar-refractivity contribution in [2.24, 2.45) is 0 Å². The topological polar surface area (TPSA) is 87.7 Å². The Kier molecular flexibility index (Phi) is 4.39. The summed E-state index contributed by atoms with van der Waals surface area (Å²) in [7, 11) is 0. The molecule has 26 heavy (non-hydrogen) atoms. The third kappa shape index (κ3) is 3.17. The Morgan fingerprint density at radius 2 is 2.04 bits per heavy atom. The SMILES string of the molecule is O=C(c1ccc(F)cc1)N1CCCCC1c1nc(-c2cnccn2)n[nH]1. The summed E-state index contributed by atoms with van der Waals surface area (Å²) in [4.78, 5) is 27.4. The molecule has 1 unspecified atom stereocenters. The number of piperidine rings is 1. The largest absolute Gasteiger partial charge is 0.328 e. The number of aromatic nitrogens is 5. The molecular formula is C18H17FN6O. The van der Waals surface area contributed by atoms with Crippen molar-refractivity contribution < 1.29 is 9.18 Å². The van der Waals surface area contributed by atoms with Gasteiger partial charge < -0.3 is 4.90 Å². The zero-order chi connectivity index (χ0) is 17.9. The van der Waals surface area contributed by atoms with E-state index in [-0.39, 0.29) is 17.8 Å². The van der Waals surface area contributed by atoms with Crippen LogP contribution in [0, 0.1) is 5.82 Å². The van der Waals surface area contributed by atoms with Gasteiger partial charge in [-0.15, -0.1) is 0 Å². The highest BCUT2D eigenvalue weighted by Crippen LogP contribution is 2.31. The zero-order valence-electron chi connectivity index (χ0n) is 14.0. The van der Waals surface area contributed by atoms with Crippen LogP contribution in [0.25, 0.3) is 11.5 Å². The summed E-state index contributed by atoms with van der Waals surface area (Å²) in [5, 5.41) is 7.15. The molecule has 1 aliphatic rings. The van der Waals surface area contributed by atoms with Crippen molar-refractivity contribution in [1.82, 2.24) is 30.0 Å². The molecule has 132 valence electrons. The summed E-state index contributed by atoms with van der Waals surface area (Å²) in [6, 6.07) is 5.42. The molecule has 0 radical (unpaired) electrons. The van der Waals surface area contributed by atoms with Crippen molar-refractivity contribution in [3.05, 3.63) is 60.1 Å². The third-order valence-corrected chi connectivity index (χ3v) is 4.47. The number of hydrogen-bond acceptors (Lipinski definition) is 5. The van der Waals surface area contributed by atoms with Gasteiger partial charge in [-0.1, -0.05) is 0 Å². The van der Waals surface area contributed by atoms with E-state index in [0.717, 1.165) is 19.3 Å². The maximum Gasteiger partial charge on any atom is 0.254 e. The number of benzene rings is 1. The van der Waals surface area contributed by atoms with Crippen LogP contribution in [0.15, 0.2) is 42.9 Å². The van der Waals surface area contributed by atoms with Gasteiger partial charge in [0, 0.05) is 24.5 Å². The number of nitrogens with zero attached hydrogens (tertiary/aromatic N) is 5. The first kappa shape index (κ1) is 16.3. The van der Waals surface area contributed by atoms with Crippen molar-refractivity contribution in [2.75, 3.05) is 6.54 Å². The van der Waals surface area contributed by atoms with Gasteiger partial charge in [0.15, 0.2) is 0 Å². The average molecular weight is 352 g/mol. The Morgan fingerprint density at radius 3 is 2.81 bits per heavy atom. The Labute approximate surface area is 149 Å². The molecule has 8 heteroatoms. The lowest BCUT2D eigenvalue weighted by Gasteiger charge is -2.34. The van der Waals surface area contributed by atoms with E-state index < -0.39 is 0 Å². The highest BCUT2D eigenvalue weighted by Gasteiger charge is 2.31. The summed E-state index contributed by atoms with van der Waals surface area (Å²) in [6.45, 7) is 0.627. The van der Waals surface area contributed by atoms with Crippen LogP contribution in [0.3, 0.4) is 0 Å². The van der Waals surface area contributed by atoms with Gasteiger partial charge in [0.25, 0.3) is 5.91 Å². The molecular weight excluding hydrogens is 335 g/mol. The van der Waals surface area contributed by atoms with E-state index in [2.05, 4.69) is 25.1 Å². The van der Waals surface area contributed by atoms with E-state index in [0.29, 0.717) is 29.5 Å². The molecule has 0 bridgehead atoms. The Bertz CT molecular complexity index is 896. The van der Waals surface area contributed by atoms with Gasteiger partial charge in [-0.3, -0.25) is 14.9 Å². The van der Waals surface area contributed by atoms with Crippen molar-refractivity contribution in [3.63, 3.8) is 0 Å². The van der Waals surface area contributed by atoms with Crippen LogP contribution < -0.4 is 0 Å².